The van der Waals surface area contributed by atoms with Crippen LogP contribution in [0.5, 0.6) is 0 Å². The topological polar surface area (TPSA) is 0 Å². The molecule has 0 amide bonds. The molecule has 0 radical (unpaired) electrons. The lowest BCUT2D eigenvalue weighted by Crippen LogP contribution is -1.55. The molecule has 0 nitrogen and oxygen atoms in total. The Morgan fingerprint density at radius 2 is 1.50 bits per heavy atom. The molecule has 1 rings (SSSR count). The van der Waals surface area contributed by atoms with Crippen molar-refractivity contribution >= 4 is 24.0 Å². The Morgan fingerprint density at radius 1 is 1.00 bits per heavy atom. The Bertz CT molecular complexity index is 136. The van der Waals surface area contributed by atoms with Crippen molar-refractivity contribution in [2.24, 2.45) is 0 Å². The number of rotatable bonds is 0. The monoisotopic (exact) mass is 148 g/mol. The summed E-state index contributed by atoms with van der Waals surface area (Å²) in [7, 11) is 0. The summed E-state index contributed by atoms with van der Waals surface area (Å²) in [4.78, 5) is 0. The van der Waals surface area contributed by atoms with E-state index in [0.717, 1.165) is 5.02 Å². The van der Waals surface area contributed by atoms with E-state index in [-0.39, 0.29) is 12.4 Å². The maximum absolute atomic E-state index is 5.54. The fraction of sp³-hybridized carbons (Fsp3) is 0. The highest BCUT2D eigenvalue weighted by atomic mass is 35.5. The molecule has 0 aliphatic rings. The van der Waals surface area contributed by atoms with Gasteiger partial charge in [0.1, 0.15) is 0 Å². The Balaban J connectivity index is 0.000000490. The third-order valence-electron chi connectivity index (χ3n) is 0.733. The minimum atomic E-state index is 0. The molecule has 44 valence electrons. The molecule has 0 unspecified atom stereocenters. The standard InChI is InChI=1S/C6H5Cl.ClH/c7-6-4-2-1-3-5-6;/h1-5H;1H. The quantitative estimate of drug-likeness (QED) is 0.531. The van der Waals surface area contributed by atoms with Gasteiger partial charge in [0.05, 0.1) is 0 Å². The van der Waals surface area contributed by atoms with Gasteiger partial charge in [-0.2, -0.15) is 0 Å². The van der Waals surface area contributed by atoms with Crippen LogP contribution < -0.4 is 0 Å². The Hall–Kier alpha value is -0.200. The summed E-state index contributed by atoms with van der Waals surface area (Å²) < 4.78 is 0. The van der Waals surface area contributed by atoms with E-state index in [1.165, 1.54) is 0 Å². The smallest absolute Gasteiger partial charge is 0.0405 e. The first-order valence-electron chi connectivity index (χ1n) is 2.10. The summed E-state index contributed by atoms with van der Waals surface area (Å²) in [6.07, 6.45) is 0. The third-order valence-corrected chi connectivity index (χ3v) is 0.985. The van der Waals surface area contributed by atoms with Crippen LogP contribution in [0.3, 0.4) is 0 Å². The predicted octanol–water partition coefficient (Wildman–Crippen LogP) is 2.76. The van der Waals surface area contributed by atoms with Gasteiger partial charge in [-0.3, -0.25) is 0 Å². The zero-order valence-corrected chi connectivity index (χ0v) is 5.75. The van der Waals surface area contributed by atoms with Crippen LogP contribution >= 0.6 is 24.0 Å². The van der Waals surface area contributed by atoms with Crippen LogP contribution in [-0.4, -0.2) is 0 Å². The second-order valence-electron chi connectivity index (χ2n) is 1.30. The second-order valence-corrected chi connectivity index (χ2v) is 1.73. The molecule has 0 saturated carbocycles. The molecule has 0 heterocycles. The molecule has 0 N–H and O–H groups in total. The number of halogens is 2. The highest BCUT2D eigenvalue weighted by Crippen LogP contribution is 2.03. The lowest BCUT2D eigenvalue weighted by molar-refractivity contribution is 1.71. The molecule has 2 heteroatoms. The number of hydrogen-bond donors (Lipinski definition) is 0. The van der Waals surface area contributed by atoms with Crippen molar-refractivity contribution < 1.29 is 0 Å². The largest absolute Gasteiger partial charge is 0.147 e. The molecule has 0 atom stereocenters. The minimum Gasteiger partial charge on any atom is -0.147 e. The van der Waals surface area contributed by atoms with Gasteiger partial charge in [-0.15, -0.1) is 12.4 Å². The van der Waals surface area contributed by atoms with Crippen molar-refractivity contribution in [2.75, 3.05) is 0 Å². The first kappa shape index (κ1) is 7.80. The van der Waals surface area contributed by atoms with Gasteiger partial charge in [0.2, 0.25) is 0 Å². The van der Waals surface area contributed by atoms with Crippen LogP contribution in [0.15, 0.2) is 30.3 Å². The predicted molar refractivity (Wildman–Crippen MR) is 38.7 cm³/mol. The molecular weight excluding hydrogens is 143 g/mol. The Kier molecular flexibility index (Phi) is 3.67. The maximum atomic E-state index is 5.54. The Morgan fingerprint density at radius 3 is 1.75 bits per heavy atom. The molecule has 1 aromatic carbocycles. The van der Waals surface area contributed by atoms with E-state index in [1.54, 1.807) is 0 Å². The van der Waals surface area contributed by atoms with Crippen LogP contribution in [0.25, 0.3) is 0 Å². The van der Waals surface area contributed by atoms with Crippen LogP contribution in [0.1, 0.15) is 0 Å². The van der Waals surface area contributed by atoms with E-state index in [1.807, 2.05) is 30.3 Å². The van der Waals surface area contributed by atoms with Gasteiger partial charge in [-0.25, -0.2) is 0 Å². The van der Waals surface area contributed by atoms with E-state index >= 15 is 0 Å². The van der Waals surface area contributed by atoms with E-state index < -0.39 is 0 Å². The average Bonchev–Trinajstić information content (AvgIpc) is 1.69. The van der Waals surface area contributed by atoms with Crippen LogP contribution in [0.2, 0.25) is 5.02 Å². The molecule has 0 bridgehead atoms. The van der Waals surface area contributed by atoms with Gasteiger partial charge < -0.3 is 0 Å². The summed E-state index contributed by atoms with van der Waals surface area (Å²) in [6, 6.07) is 9.44. The SMILES string of the molecule is Cl.Clc1ccccc1. The zero-order valence-electron chi connectivity index (χ0n) is 4.17. The molecule has 0 aromatic heterocycles. The molecule has 0 fully saturated rings. The lowest BCUT2D eigenvalue weighted by Gasteiger charge is -1.80. The average molecular weight is 149 g/mol. The van der Waals surface area contributed by atoms with Crippen LogP contribution in [-0.2, 0) is 0 Å². The van der Waals surface area contributed by atoms with Crippen molar-refractivity contribution in [3.8, 4) is 0 Å². The van der Waals surface area contributed by atoms with Crippen LogP contribution in [0.4, 0.5) is 0 Å². The molecule has 1 aromatic rings. The van der Waals surface area contributed by atoms with Crippen molar-refractivity contribution in [3.63, 3.8) is 0 Å². The first-order chi connectivity index (χ1) is 3.39. The van der Waals surface area contributed by atoms with Gasteiger partial charge in [-0.05, 0) is 12.1 Å². The highest BCUT2D eigenvalue weighted by molar-refractivity contribution is 6.30. The second kappa shape index (κ2) is 3.76. The fourth-order valence-electron chi connectivity index (χ4n) is 0.415. The van der Waals surface area contributed by atoms with Crippen molar-refractivity contribution in [1.82, 2.24) is 0 Å². The van der Waals surface area contributed by atoms with Gasteiger partial charge in [0, 0.05) is 5.02 Å². The normalized spacial score (nSPS) is 7.62. The van der Waals surface area contributed by atoms with Gasteiger partial charge in [0.15, 0.2) is 0 Å². The summed E-state index contributed by atoms with van der Waals surface area (Å²) in [5.74, 6) is 0. The molecule has 8 heavy (non-hydrogen) atoms. The van der Waals surface area contributed by atoms with Crippen molar-refractivity contribution in [1.29, 1.82) is 0 Å². The van der Waals surface area contributed by atoms with Gasteiger partial charge >= 0.3 is 0 Å². The molecule has 0 saturated heterocycles. The lowest BCUT2D eigenvalue weighted by atomic mass is 10.4. The summed E-state index contributed by atoms with van der Waals surface area (Å²) in [5.41, 5.74) is 0. The number of hydrogen-bond acceptors (Lipinski definition) is 0. The minimum absolute atomic E-state index is 0. The fourth-order valence-corrected chi connectivity index (χ4v) is 0.560. The van der Waals surface area contributed by atoms with Crippen molar-refractivity contribution in [2.45, 2.75) is 0 Å². The third kappa shape index (κ3) is 2.20. The summed E-state index contributed by atoms with van der Waals surface area (Å²) >= 11 is 5.54. The van der Waals surface area contributed by atoms with Gasteiger partial charge in [0.25, 0.3) is 0 Å². The zero-order chi connectivity index (χ0) is 5.11. The molecule has 0 spiro atoms. The molecular formula is C6H6Cl2. The van der Waals surface area contributed by atoms with E-state index in [9.17, 15) is 0 Å². The maximum Gasteiger partial charge on any atom is 0.0405 e. The summed E-state index contributed by atoms with van der Waals surface area (Å²) in [5, 5.41) is 0.794. The van der Waals surface area contributed by atoms with E-state index in [4.69, 9.17) is 11.6 Å². The first-order valence-corrected chi connectivity index (χ1v) is 2.48. The van der Waals surface area contributed by atoms with Crippen LogP contribution in [0, 0.1) is 0 Å². The van der Waals surface area contributed by atoms with E-state index in [0.29, 0.717) is 0 Å². The molecule has 0 aliphatic heterocycles. The van der Waals surface area contributed by atoms with Gasteiger partial charge in [-0.1, -0.05) is 29.8 Å². The van der Waals surface area contributed by atoms with E-state index in [2.05, 4.69) is 0 Å². The Labute approximate surface area is 59.9 Å². The molecule has 0 aliphatic carbocycles. The number of benzene rings is 1. The highest BCUT2D eigenvalue weighted by Gasteiger charge is 1.74. The summed E-state index contributed by atoms with van der Waals surface area (Å²) in [6.45, 7) is 0. The van der Waals surface area contributed by atoms with Crippen molar-refractivity contribution in [3.05, 3.63) is 35.4 Å².